The van der Waals surface area contributed by atoms with Crippen molar-refractivity contribution in [2.75, 3.05) is 0 Å². The lowest BCUT2D eigenvalue weighted by molar-refractivity contribution is -0.123. The number of hydrazine groups is 1. The van der Waals surface area contributed by atoms with E-state index in [-0.39, 0.29) is 11.0 Å². The second-order valence-corrected chi connectivity index (χ2v) is 7.47. The largest absolute Gasteiger partial charge is 0.340 e. The molecule has 0 heterocycles. The number of nitrogens with one attached hydrogen (secondary N) is 3. The zero-order valence-corrected chi connectivity index (χ0v) is 16.3. The van der Waals surface area contributed by atoms with Crippen LogP contribution in [0.25, 0.3) is 0 Å². The normalized spacial score (nSPS) is 12.0. The van der Waals surface area contributed by atoms with Crippen LogP contribution in [0.1, 0.15) is 54.0 Å². The molecule has 7 heteroatoms. The molecular formula is C21H24FN3O3. The molecule has 3 N–H and O–H groups in total. The Bertz CT molecular complexity index is 856. The number of hydrogen-bond acceptors (Lipinski definition) is 3. The molecule has 0 radical (unpaired) electrons. The third kappa shape index (κ3) is 5.64. The van der Waals surface area contributed by atoms with Crippen molar-refractivity contribution in [3.8, 4) is 0 Å². The molecule has 0 aromatic heterocycles. The SMILES string of the molecule is CC(NC(=O)c1ccc(C(C)(C)C)cc1)C(=O)NNC(=O)c1ccc(F)cc1. The van der Waals surface area contributed by atoms with Gasteiger partial charge in [-0.3, -0.25) is 25.2 Å². The number of halogens is 1. The highest BCUT2D eigenvalue weighted by molar-refractivity contribution is 5.99. The highest BCUT2D eigenvalue weighted by atomic mass is 19.1. The molecule has 0 bridgehead atoms. The number of benzene rings is 2. The molecule has 3 amide bonds. The summed E-state index contributed by atoms with van der Waals surface area (Å²) in [7, 11) is 0. The highest BCUT2D eigenvalue weighted by Crippen LogP contribution is 2.22. The smallest absolute Gasteiger partial charge is 0.269 e. The van der Waals surface area contributed by atoms with Crippen molar-refractivity contribution >= 4 is 17.7 Å². The molecule has 0 fully saturated rings. The number of hydrogen-bond donors (Lipinski definition) is 3. The van der Waals surface area contributed by atoms with Crippen LogP contribution in [-0.4, -0.2) is 23.8 Å². The zero-order valence-electron chi connectivity index (χ0n) is 16.3. The number of carbonyl (C=O) groups excluding carboxylic acids is 3. The van der Waals surface area contributed by atoms with Crippen LogP contribution in [0.15, 0.2) is 48.5 Å². The summed E-state index contributed by atoms with van der Waals surface area (Å²) in [4.78, 5) is 36.3. The van der Waals surface area contributed by atoms with Crippen LogP contribution in [0.3, 0.4) is 0 Å². The van der Waals surface area contributed by atoms with E-state index in [4.69, 9.17) is 0 Å². The molecule has 6 nitrogen and oxygen atoms in total. The molecule has 2 rings (SSSR count). The fourth-order valence-electron chi connectivity index (χ4n) is 2.37. The summed E-state index contributed by atoms with van der Waals surface area (Å²) in [5.41, 5.74) is 6.16. The lowest BCUT2D eigenvalue weighted by Gasteiger charge is -2.19. The minimum Gasteiger partial charge on any atom is -0.340 e. The molecule has 1 atom stereocenters. The van der Waals surface area contributed by atoms with Crippen LogP contribution in [0.4, 0.5) is 4.39 Å². The first-order valence-corrected chi connectivity index (χ1v) is 8.85. The zero-order chi connectivity index (χ0) is 20.9. The minimum atomic E-state index is -0.872. The Morgan fingerprint density at radius 2 is 1.32 bits per heavy atom. The van der Waals surface area contributed by atoms with Gasteiger partial charge < -0.3 is 5.32 Å². The molecule has 0 saturated heterocycles. The van der Waals surface area contributed by atoms with Gasteiger partial charge in [-0.05, 0) is 54.3 Å². The molecule has 0 saturated carbocycles. The van der Waals surface area contributed by atoms with Crippen LogP contribution in [-0.2, 0) is 10.2 Å². The lowest BCUT2D eigenvalue weighted by Crippen LogP contribution is -2.51. The molecule has 28 heavy (non-hydrogen) atoms. The molecule has 2 aromatic rings. The van der Waals surface area contributed by atoms with Gasteiger partial charge in [0.05, 0.1) is 0 Å². The van der Waals surface area contributed by atoms with Crippen molar-refractivity contribution < 1.29 is 18.8 Å². The Hall–Kier alpha value is -3.22. The maximum atomic E-state index is 12.9. The van der Waals surface area contributed by atoms with Gasteiger partial charge in [0.25, 0.3) is 17.7 Å². The summed E-state index contributed by atoms with van der Waals surface area (Å²) >= 11 is 0. The first-order chi connectivity index (χ1) is 13.1. The second kappa shape index (κ2) is 8.65. The summed E-state index contributed by atoms with van der Waals surface area (Å²) in [6.07, 6.45) is 0. The molecule has 0 aliphatic carbocycles. The average Bonchev–Trinajstić information content (AvgIpc) is 2.65. The number of carbonyl (C=O) groups is 3. The van der Waals surface area contributed by atoms with Crippen molar-refractivity contribution in [1.82, 2.24) is 16.2 Å². The third-order valence-electron chi connectivity index (χ3n) is 4.16. The first kappa shape index (κ1) is 21.1. The molecular weight excluding hydrogens is 361 g/mol. The van der Waals surface area contributed by atoms with E-state index in [9.17, 15) is 18.8 Å². The van der Waals surface area contributed by atoms with E-state index in [1.807, 2.05) is 12.1 Å². The number of rotatable bonds is 4. The van der Waals surface area contributed by atoms with Crippen molar-refractivity contribution in [1.29, 1.82) is 0 Å². The van der Waals surface area contributed by atoms with E-state index < -0.39 is 29.6 Å². The van der Waals surface area contributed by atoms with Crippen LogP contribution in [0, 0.1) is 5.82 Å². The van der Waals surface area contributed by atoms with Crippen LogP contribution >= 0.6 is 0 Å². The minimum absolute atomic E-state index is 0.0229. The Morgan fingerprint density at radius 3 is 1.86 bits per heavy atom. The molecule has 0 aliphatic rings. The Morgan fingerprint density at radius 1 is 0.821 bits per heavy atom. The average molecular weight is 385 g/mol. The first-order valence-electron chi connectivity index (χ1n) is 8.85. The lowest BCUT2D eigenvalue weighted by atomic mass is 9.86. The van der Waals surface area contributed by atoms with E-state index >= 15 is 0 Å². The van der Waals surface area contributed by atoms with E-state index in [1.165, 1.54) is 19.1 Å². The van der Waals surface area contributed by atoms with E-state index in [0.717, 1.165) is 17.7 Å². The maximum Gasteiger partial charge on any atom is 0.269 e. The van der Waals surface area contributed by atoms with Crippen molar-refractivity contribution in [3.05, 3.63) is 71.0 Å². The molecule has 148 valence electrons. The van der Waals surface area contributed by atoms with Gasteiger partial charge in [0.2, 0.25) is 0 Å². The monoisotopic (exact) mass is 385 g/mol. The van der Waals surface area contributed by atoms with Gasteiger partial charge in [-0.25, -0.2) is 4.39 Å². The standard InChI is InChI=1S/C21H24FN3O3/c1-13(18(26)24-25-20(28)15-7-11-17(22)12-8-15)23-19(27)14-5-9-16(10-6-14)21(2,3)4/h5-13H,1-4H3,(H,23,27)(H,24,26)(H,25,28). The van der Waals surface area contributed by atoms with Gasteiger partial charge >= 0.3 is 0 Å². The van der Waals surface area contributed by atoms with E-state index in [0.29, 0.717) is 5.56 Å². The third-order valence-corrected chi connectivity index (χ3v) is 4.16. The van der Waals surface area contributed by atoms with E-state index in [2.05, 4.69) is 36.9 Å². The highest BCUT2D eigenvalue weighted by Gasteiger charge is 2.19. The Labute approximate surface area is 163 Å². The molecule has 0 spiro atoms. The summed E-state index contributed by atoms with van der Waals surface area (Å²) in [6, 6.07) is 11.2. The van der Waals surface area contributed by atoms with Crippen LogP contribution < -0.4 is 16.2 Å². The summed E-state index contributed by atoms with van der Waals surface area (Å²) < 4.78 is 12.9. The predicted octanol–water partition coefficient (Wildman–Crippen LogP) is 2.70. The van der Waals surface area contributed by atoms with Crippen LogP contribution in [0.5, 0.6) is 0 Å². The second-order valence-electron chi connectivity index (χ2n) is 7.47. The summed E-state index contributed by atoms with van der Waals surface area (Å²) in [5, 5.41) is 2.57. The molecule has 2 aromatic carbocycles. The summed E-state index contributed by atoms with van der Waals surface area (Å²) in [6.45, 7) is 7.74. The topological polar surface area (TPSA) is 87.3 Å². The predicted molar refractivity (Wildman–Crippen MR) is 104 cm³/mol. The molecule has 0 aliphatic heterocycles. The summed E-state index contributed by atoms with van der Waals surface area (Å²) in [5.74, 6) is -2.04. The van der Waals surface area contributed by atoms with Gasteiger partial charge in [0, 0.05) is 11.1 Å². The fraction of sp³-hybridized carbons (Fsp3) is 0.286. The van der Waals surface area contributed by atoms with Gasteiger partial charge in [-0.1, -0.05) is 32.9 Å². The van der Waals surface area contributed by atoms with Crippen molar-refractivity contribution in [2.45, 2.75) is 39.2 Å². The Kier molecular flexibility index (Phi) is 6.51. The van der Waals surface area contributed by atoms with Gasteiger partial charge in [0.1, 0.15) is 11.9 Å². The van der Waals surface area contributed by atoms with Crippen molar-refractivity contribution in [3.63, 3.8) is 0 Å². The van der Waals surface area contributed by atoms with Gasteiger partial charge in [-0.2, -0.15) is 0 Å². The Balaban J connectivity index is 1.88. The van der Waals surface area contributed by atoms with Crippen LogP contribution in [0.2, 0.25) is 0 Å². The molecule has 1 unspecified atom stereocenters. The quantitative estimate of drug-likeness (QED) is 0.707. The van der Waals surface area contributed by atoms with Gasteiger partial charge in [0.15, 0.2) is 0 Å². The fourth-order valence-corrected chi connectivity index (χ4v) is 2.37. The van der Waals surface area contributed by atoms with Gasteiger partial charge in [-0.15, -0.1) is 0 Å². The van der Waals surface area contributed by atoms with E-state index in [1.54, 1.807) is 12.1 Å². The maximum absolute atomic E-state index is 12.9. The van der Waals surface area contributed by atoms with Crippen molar-refractivity contribution in [2.24, 2.45) is 0 Å². The number of amides is 3.